The van der Waals surface area contributed by atoms with Gasteiger partial charge in [0.15, 0.2) is 0 Å². The molecule has 0 unspecified atom stereocenters. The number of hydrogen-bond acceptors (Lipinski definition) is 3. The molecule has 0 saturated heterocycles. The fourth-order valence-corrected chi connectivity index (χ4v) is 1.09. The number of rotatable bonds is 6. The maximum Gasteiger partial charge on any atom is 0.387 e. The van der Waals surface area contributed by atoms with Crippen LogP contribution in [0.5, 0.6) is 5.75 Å². The molecule has 2 N–H and O–H groups in total. The molecule has 0 aromatic heterocycles. The largest absolute Gasteiger partial charge is 0.478 e. The van der Waals surface area contributed by atoms with Gasteiger partial charge in [-0.25, -0.2) is 4.79 Å². The third-order valence-electron chi connectivity index (χ3n) is 1.90. The molecule has 0 amide bonds. The van der Waals surface area contributed by atoms with Crippen LogP contribution in [-0.2, 0) is 4.79 Å². The third-order valence-corrected chi connectivity index (χ3v) is 1.90. The van der Waals surface area contributed by atoms with Crippen LogP contribution in [0.15, 0.2) is 36.4 Å². The summed E-state index contributed by atoms with van der Waals surface area (Å²) < 4.78 is 28.4. The Balaban J connectivity index is 2.70. The summed E-state index contributed by atoms with van der Waals surface area (Å²) in [6.07, 6.45) is 0. The van der Waals surface area contributed by atoms with Crippen LogP contribution < -0.4 is 10.1 Å². The molecule has 1 aromatic carbocycles. The van der Waals surface area contributed by atoms with Crippen LogP contribution in [0.4, 0.5) is 14.5 Å². The predicted octanol–water partition coefficient (Wildman–Crippen LogP) is 2.34. The number of anilines is 1. The Hall–Kier alpha value is -2.11. The van der Waals surface area contributed by atoms with Crippen molar-refractivity contribution in [1.82, 2.24) is 0 Å². The molecule has 0 saturated carbocycles. The molecule has 6 heteroatoms. The quantitative estimate of drug-likeness (QED) is 0.753. The van der Waals surface area contributed by atoms with E-state index >= 15 is 0 Å². The van der Waals surface area contributed by atoms with Crippen LogP contribution in [0.2, 0.25) is 0 Å². The molecule has 0 bridgehead atoms. The summed E-state index contributed by atoms with van der Waals surface area (Å²) in [6.45, 7) is 0.322. The van der Waals surface area contributed by atoms with Gasteiger partial charge in [-0.3, -0.25) is 0 Å². The molecule has 4 nitrogen and oxygen atoms in total. The van der Waals surface area contributed by atoms with Crippen molar-refractivity contribution in [3.63, 3.8) is 0 Å². The average Bonchev–Trinajstić information content (AvgIpc) is 2.26. The van der Waals surface area contributed by atoms with E-state index < -0.39 is 12.6 Å². The highest BCUT2D eigenvalue weighted by Gasteiger charge is 2.10. The van der Waals surface area contributed by atoms with Crippen molar-refractivity contribution < 1.29 is 23.4 Å². The van der Waals surface area contributed by atoms with Gasteiger partial charge in [-0.05, 0) is 12.1 Å². The fourth-order valence-electron chi connectivity index (χ4n) is 1.09. The van der Waals surface area contributed by atoms with Gasteiger partial charge >= 0.3 is 12.6 Å². The lowest BCUT2D eigenvalue weighted by atomic mass is 10.2. The maximum absolute atomic E-state index is 12.1. The number of aliphatic carboxylic acids is 1. The number of benzene rings is 1. The number of hydrogen-bond donors (Lipinski definition) is 2. The summed E-state index contributed by atoms with van der Waals surface area (Å²) >= 11 is 0. The minimum Gasteiger partial charge on any atom is -0.478 e. The van der Waals surface area contributed by atoms with E-state index in [1.54, 1.807) is 6.07 Å². The van der Waals surface area contributed by atoms with E-state index in [0.29, 0.717) is 0 Å². The SMILES string of the molecule is C=C(CNc1ccccc1OC(F)F)C(=O)O. The monoisotopic (exact) mass is 243 g/mol. The molecule has 0 atom stereocenters. The van der Waals surface area contributed by atoms with Crippen LogP contribution in [0.3, 0.4) is 0 Å². The van der Waals surface area contributed by atoms with E-state index in [0.717, 1.165) is 0 Å². The lowest BCUT2D eigenvalue weighted by Crippen LogP contribution is -2.12. The van der Waals surface area contributed by atoms with Gasteiger partial charge in [-0.15, -0.1) is 0 Å². The highest BCUT2D eigenvalue weighted by Crippen LogP contribution is 2.25. The van der Waals surface area contributed by atoms with E-state index in [-0.39, 0.29) is 23.6 Å². The van der Waals surface area contributed by atoms with Crippen LogP contribution >= 0.6 is 0 Å². The first-order valence-corrected chi connectivity index (χ1v) is 4.69. The third kappa shape index (κ3) is 4.10. The van der Waals surface area contributed by atoms with Crippen LogP contribution in [0.1, 0.15) is 0 Å². The van der Waals surface area contributed by atoms with Gasteiger partial charge < -0.3 is 15.2 Å². The molecule has 0 aliphatic carbocycles. The first kappa shape index (κ1) is 13.0. The molecule has 0 aliphatic heterocycles. The number of carboxylic acid groups (broad SMARTS) is 1. The maximum atomic E-state index is 12.1. The number of para-hydroxylation sites is 2. The first-order valence-electron chi connectivity index (χ1n) is 4.69. The summed E-state index contributed by atoms with van der Waals surface area (Å²) in [6, 6.07) is 6.02. The van der Waals surface area contributed by atoms with E-state index in [2.05, 4.69) is 16.6 Å². The van der Waals surface area contributed by atoms with Gasteiger partial charge in [0.05, 0.1) is 5.69 Å². The summed E-state index contributed by atoms with van der Waals surface area (Å²) in [5.41, 5.74) is 0.215. The van der Waals surface area contributed by atoms with E-state index in [1.165, 1.54) is 18.2 Å². The Kier molecular flexibility index (Phi) is 4.45. The van der Waals surface area contributed by atoms with Crippen molar-refractivity contribution in [3.8, 4) is 5.75 Å². The predicted molar refractivity (Wildman–Crippen MR) is 58.3 cm³/mol. The Bertz CT molecular complexity index is 421. The Morgan fingerprint density at radius 2 is 2.12 bits per heavy atom. The number of ether oxygens (including phenoxy) is 1. The van der Waals surface area contributed by atoms with Gasteiger partial charge in [-0.1, -0.05) is 18.7 Å². The molecule has 1 aromatic rings. The van der Waals surface area contributed by atoms with Gasteiger partial charge in [0.25, 0.3) is 0 Å². The highest BCUT2D eigenvalue weighted by atomic mass is 19.3. The molecule has 17 heavy (non-hydrogen) atoms. The molecule has 0 fully saturated rings. The molecule has 0 heterocycles. The molecule has 92 valence electrons. The van der Waals surface area contributed by atoms with E-state index in [4.69, 9.17) is 5.11 Å². The van der Waals surface area contributed by atoms with Gasteiger partial charge in [0.2, 0.25) is 0 Å². The first-order chi connectivity index (χ1) is 8.00. The van der Waals surface area contributed by atoms with Crippen molar-refractivity contribution in [1.29, 1.82) is 0 Å². The zero-order valence-corrected chi connectivity index (χ0v) is 8.82. The standard InChI is InChI=1S/C11H11F2NO3/c1-7(10(15)16)6-14-8-4-2-3-5-9(8)17-11(12)13/h2-5,11,14H,1,6H2,(H,15,16). The second-order valence-electron chi connectivity index (χ2n) is 3.14. The summed E-state index contributed by atoms with van der Waals surface area (Å²) in [4.78, 5) is 10.5. The van der Waals surface area contributed by atoms with Crippen molar-refractivity contribution in [2.24, 2.45) is 0 Å². The number of nitrogens with one attached hydrogen (secondary N) is 1. The van der Waals surface area contributed by atoms with Crippen LogP contribution in [-0.4, -0.2) is 24.2 Å². The number of carbonyl (C=O) groups is 1. The van der Waals surface area contributed by atoms with E-state index in [1.807, 2.05) is 0 Å². The highest BCUT2D eigenvalue weighted by molar-refractivity contribution is 5.86. The second-order valence-corrected chi connectivity index (χ2v) is 3.14. The normalized spacial score (nSPS) is 10.1. The van der Waals surface area contributed by atoms with Gasteiger partial charge in [-0.2, -0.15) is 8.78 Å². The van der Waals surface area contributed by atoms with Crippen molar-refractivity contribution in [2.75, 3.05) is 11.9 Å². The Labute approximate surface area is 96.5 Å². The van der Waals surface area contributed by atoms with Crippen molar-refractivity contribution >= 4 is 11.7 Å². The zero-order chi connectivity index (χ0) is 12.8. The summed E-state index contributed by atoms with van der Waals surface area (Å²) in [5, 5.41) is 11.2. The Morgan fingerprint density at radius 1 is 1.47 bits per heavy atom. The number of alkyl halides is 2. The van der Waals surface area contributed by atoms with E-state index in [9.17, 15) is 13.6 Å². The summed E-state index contributed by atoms with van der Waals surface area (Å²) in [5.74, 6) is -1.19. The number of carboxylic acids is 1. The van der Waals surface area contributed by atoms with Crippen molar-refractivity contribution in [3.05, 3.63) is 36.4 Å². The minimum absolute atomic E-state index is 0.0410. The average molecular weight is 243 g/mol. The fraction of sp³-hybridized carbons (Fsp3) is 0.182. The topological polar surface area (TPSA) is 58.6 Å². The van der Waals surface area contributed by atoms with Gasteiger partial charge in [0.1, 0.15) is 5.75 Å². The smallest absolute Gasteiger partial charge is 0.387 e. The van der Waals surface area contributed by atoms with Gasteiger partial charge in [0, 0.05) is 12.1 Å². The molecule has 1 rings (SSSR count). The van der Waals surface area contributed by atoms with Crippen molar-refractivity contribution in [2.45, 2.75) is 6.61 Å². The zero-order valence-electron chi connectivity index (χ0n) is 8.82. The number of halogens is 2. The summed E-state index contributed by atoms with van der Waals surface area (Å²) in [7, 11) is 0. The molecular weight excluding hydrogens is 232 g/mol. The van der Waals surface area contributed by atoms with Crippen LogP contribution in [0, 0.1) is 0 Å². The second kappa shape index (κ2) is 5.83. The lowest BCUT2D eigenvalue weighted by Gasteiger charge is -2.12. The molecule has 0 spiro atoms. The molecule has 0 aliphatic rings. The molecule has 0 radical (unpaired) electrons. The molecular formula is C11H11F2NO3. The minimum atomic E-state index is -2.93. The van der Waals surface area contributed by atoms with Crippen LogP contribution in [0.25, 0.3) is 0 Å². The Morgan fingerprint density at radius 3 is 2.71 bits per heavy atom. The lowest BCUT2D eigenvalue weighted by molar-refractivity contribution is -0.132.